The van der Waals surface area contributed by atoms with Gasteiger partial charge in [0.25, 0.3) is 0 Å². The van der Waals surface area contributed by atoms with Crippen molar-refractivity contribution in [3.8, 4) is 0 Å². The van der Waals surface area contributed by atoms with Gasteiger partial charge in [-0.3, -0.25) is 9.59 Å². The van der Waals surface area contributed by atoms with Gasteiger partial charge in [-0.15, -0.1) is 0 Å². The molecule has 0 radical (unpaired) electrons. The SMILES string of the molecule is CCOC(=O)/C(=C\N(C)C)C(=O)c1cc(F)c(Br)c(C)c1F.CCOC(=O)c1cn([C@@H]2C[C@@H]2F)c2c(C)c(Br)c(F)cc2c1=O. The molecule has 2 aromatic carbocycles. The Labute approximate surface area is 273 Å². The van der Waals surface area contributed by atoms with Crippen LogP contribution in [0.15, 0.2) is 43.8 Å². The molecular weight excluding hydrogens is 732 g/mol. The van der Waals surface area contributed by atoms with Crippen molar-refractivity contribution in [2.24, 2.45) is 0 Å². The number of alkyl halides is 1. The molecule has 1 aliphatic carbocycles. The molecule has 0 aliphatic heterocycles. The third-order valence-corrected chi connectivity index (χ3v) is 8.66. The van der Waals surface area contributed by atoms with E-state index in [0.29, 0.717) is 17.5 Å². The fourth-order valence-corrected chi connectivity index (χ4v) is 5.02. The lowest BCUT2D eigenvalue weighted by Crippen LogP contribution is -2.21. The third kappa shape index (κ3) is 7.66. The molecule has 3 aromatic rings. The Morgan fingerprint density at radius 2 is 1.53 bits per heavy atom. The van der Waals surface area contributed by atoms with E-state index in [1.165, 1.54) is 24.2 Å². The maximum atomic E-state index is 14.2. The van der Waals surface area contributed by atoms with Gasteiger partial charge in [0.05, 0.1) is 39.3 Å². The van der Waals surface area contributed by atoms with E-state index in [9.17, 15) is 36.7 Å². The predicted molar refractivity (Wildman–Crippen MR) is 167 cm³/mol. The first-order valence-corrected chi connectivity index (χ1v) is 15.2. The van der Waals surface area contributed by atoms with Crippen LogP contribution in [-0.4, -0.2) is 60.7 Å². The predicted octanol–water partition coefficient (Wildman–Crippen LogP) is 6.90. The number of benzene rings is 2. The van der Waals surface area contributed by atoms with Crippen molar-refractivity contribution in [2.75, 3.05) is 27.3 Å². The Morgan fingerprint density at radius 3 is 2.07 bits per heavy atom. The van der Waals surface area contributed by atoms with Crippen LogP contribution in [0.3, 0.4) is 0 Å². The molecule has 1 aromatic heterocycles. The van der Waals surface area contributed by atoms with Crippen molar-refractivity contribution < 1.29 is 41.4 Å². The summed E-state index contributed by atoms with van der Waals surface area (Å²) in [5, 5.41) is 0.0489. The van der Waals surface area contributed by atoms with E-state index in [2.05, 4.69) is 31.9 Å². The molecule has 0 amide bonds. The van der Waals surface area contributed by atoms with Crippen molar-refractivity contribution in [3.05, 3.63) is 89.0 Å². The number of pyridine rings is 1. The maximum absolute atomic E-state index is 14.2. The van der Waals surface area contributed by atoms with Gasteiger partial charge >= 0.3 is 11.9 Å². The first kappa shape index (κ1) is 36.0. The van der Waals surface area contributed by atoms with Gasteiger partial charge in [-0.25, -0.2) is 27.2 Å². The van der Waals surface area contributed by atoms with E-state index in [4.69, 9.17) is 9.47 Å². The number of nitrogens with zero attached hydrogens (tertiary/aromatic N) is 2. The number of esters is 2. The van der Waals surface area contributed by atoms with Crippen LogP contribution in [0.2, 0.25) is 0 Å². The van der Waals surface area contributed by atoms with Crippen molar-refractivity contribution in [1.29, 1.82) is 0 Å². The molecule has 0 bridgehead atoms. The van der Waals surface area contributed by atoms with Crippen LogP contribution in [0.25, 0.3) is 10.9 Å². The number of hydrogen-bond acceptors (Lipinski definition) is 7. The van der Waals surface area contributed by atoms with Gasteiger partial charge in [-0.1, -0.05) is 0 Å². The summed E-state index contributed by atoms with van der Waals surface area (Å²) >= 11 is 6.04. The summed E-state index contributed by atoms with van der Waals surface area (Å²) in [6.45, 7) is 6.35. The van der Waals surface area contributed by atoms with Crippen LogP contribution in [0.4, 0.5) is 17.6 Å². The zero-order valence-corrected chi connectivity index (χ0v) is 28.4. The van der Waals surface area contributed by atoms with Crippen LogP contribution in [0, 0.1) is 31.3 Å². The van der Waals surface area contributed by atoms with E-state index >= 15 is 0 Å². The number of fused-ring (bicyclic) bond motifs is 1. The molecule has 242 valence electrons. The second-order valence-corrected chi connectivity index (χ2v) is 11.8. The van der Waals surface area contributed by atoms with Crippen LogP contribution in [-0.2, 0) is 14.3 Å². The van der Waals surface area contributed by atoms with Gasteiger partial charge < -0.3 is 18.9 Å². The van der Waals surface area contributed by atoms with Crippen LogP contribution in [0.1, 0.15) is 58.2 Å². The van der Waals surface area contributed by atoms with Crippen LogP contribution in [0.5, 0.6) is 0 Å². The van der Waals surface area contributed by atoms with E-state index in [0.717, 1.165) is 12.1 Å². The second-order valence-electron chi connectivity index (χ2n) is 10.2. The number of aromatic nitrogens is 1. The number of rotatable bonds is 8. The van der Waals surface area contributed by atoms with Gasteiger partial charge in [-0.2, -0.15) is 0 Å². The molecule has 14 heteroatoms. The summed E-state index contributed by atoms with van der Waals surface area (Å²) in [5.74, 6) is -4.87. The minimum absolute atomic E-state index is 0.0450. The monoisotopic (exact) mass is 760 g/mol. The highest BCUT2D eigenvalue weighted by Crippen LogP contribution is 2.42. The van der Waals surface area contributed by atoms with Crippen molar-refractivity contribution in [3.63, 3.8) is 0 Å². The molecule has 4 rings (SSSR count). The summed E-state index contributed by atoms with van der Waals surface area (Å²) in [6, 6.07) is 1.38. The molecule has 1 fully saturated rings. The molecule has 0 unspecified atom stereocenters. The Bertz CT molecular complexity index is 1770. The number of carbonyl (C=O) groups is 3. The van der Waals surface area contributed by atoms with E-state index < -0.39 is 58.4 Å². The largest absolute Gasteiger partial charge is 0.462 e. The molecule has 1 saturated carbocycles. The van der Waals surface area contributed by atoms with E-state index in [1.54, 1.807) is 39.4 Å². The molecule has 1 heterocycles. The zero-order valence-electron chi connectivity index (χ0n) is 25.2. The maximum Gasteiger partial charge on any atom is 0.343 e. The van der Waals surface area contributed by atoms with Crippen LogP contribution >= 0.6 is 31.9 Å². The number of ether oxygens (including phenoxy) is 2. The summed E-state index contributed by atoms with van der Waals surface area (Å²) in [7, 11) is 3.19. The molecule has 2 atom stereocenters. The van der Waals surface area contributed by atoms with Gasteiger partial charge in [-0.05, 0) is 77.3 Å². The normalized spacial score (nSPS) is 15.7. The minimum Gasteiger partial charge on any atom is -0.462 e. The van der Waals surface area contributed by atoms with E-state index in [1.807, 2.05) is 0 Å². The highest BCUT2D eigenvalue weighted by Gasteiger charge is 2.40. The summed E-state index contributed by atoms with van der Waals surface area (Å²) in [6.07, 6.45) is 1.80. The molecular formula is C31H30Br2F4N2O6. The average molecular weight is 762 g/mol. The van der Waals surface area contributed by atoms with Gasteiger partial charge in [0.1, 0.15) is 34.8 Å². The number of carbonyl (C=O) groups excluding carboxylic acids is 3. The van der Waals surface area contributed by atoms with Crippen molar-refractivity contribution in [2.45, 2.75) is 46.3 Å². The van der Waals surface area contributed by atoms with Crippen molar-refractivity contribution in [1.82, 2.24) is 9.47 Å². The Kier molecular flexibility index (Phi) is 11.8. The van der Waals surface area contributed by atoms with Crippen molar-refractivity contribution >= 4 is 60.5 Å². The standard InChI is InChI=1S/C16H14BrF2NO3.C15H16BrF2NO3/c1-3-23-16(22)9-6-20(12-5-10(12)18)14-7(2)13(17)11(19)4-8(14)15(9)21;1-5-22-15(21)10(7-19(3)4)14(20)9-6-11(17)12(16)8(2)13(9)18/h4,6,10,12H,3,5H2,1-2H3;6-7H,5H2,1-4H3/b;10-7-/t10-,12+;/m0./s1. The van der Waals surface area contributed by atoms with Gasteiger partial charge in [0.2, 0.25) is 11.2 Å². The van der Waals surface area contributed by atoms with Gasteiger partial charge in [0.15, 0.2) is 0 Å². The Hall–Kier alpha value is -3.52. The Morgan fingerprint density at radius 1 is 0.978 bits per heavy atom. The molecule has 0 saturated heterocycles. The third-order valence-electron chi connectivity index (χ3n) is 6.72. The molecule has 1 aliphatic rings. The highest BCUT2D eigenvalue weighted by molar-refractivity contribution is 9.10. The second kappa shape index (κ2) is 14.7. The fraction of sp³-hybridized carbons (Fsp3) is 0.355. The van der Waals surface area contributed by atoms with Crippen LogP contribution < -0.4 is 5.43 Å². The van der Waals surface area contributed by atoms with E-state index in [-0.39, 0.29) is 44.2 Å². The number of aryl methyl sites for hydroxylation is 1. The summed E-state index contributed by atoms with van der Waals surface area (Å²) in [4.78, 5) is 50.3. The zero-order chi connectivity index (χ0) is 33.9. The lowest BCUT2D eigenvalue weighted by molar-refractivity contribution is -0.138. The molecule has 0 N–H and O–H groups in total. The van der Waals surface area contributed by atoms with Gasteiger partial charge in [0, 0.05) is 43.9 Å². The smallest absolute Gasteiger partial charge is 0.343 e. The molecule has 0 spiro atoms. The number of Topliss-reactive ketones (excluding diaryl/α,β-unsaturated/α-hetero) is 1. The highest BCUT2D eigenvalue weighted by atomic mass is 79.9. The number of ketones is 1. The first-order chi connectivity index (χ1) is 21.1. The molecule has 8 nitrogen and oxygen atoms in total. The summed E-state index contributed by atoms with van der Waals surface area (Å²) < 4.78 is 66.9. The lowest BCUT2D eigenvalue weighted by Gasteiger charge is -2.15. The molecule has 45 heavy (non-hydrogen) atoms. The fourth-order valence-electron chi connectivity index (χ4n) is 4.42. The quantitative estimate of drug-likeness (QED) is 0.0469. The minimum atomic E-state index is -1.04. The average Bonchev–Trinajstić information content (AvgIpc) is 3.72. The Balaban J connectivity index is 0.000000246. The lowest BCUT2D eigenvalue weighted by atomic mass is 10.0. The topological polar surface area (TPSA) is 94.9 Å². The first-order valence-electron chi connectivity index (χ1n) is 13.7. The summed E-state index contributed by atoms with van der Waals surface area (Å²) in [5.41, 5.74) is -0.824. The number of hydrogen-bond donors (Lipinski definition) is 0. The number of halogens is 6.